The van der Waals surface area contributed by atoms with E-state index in [9.17, 15) is 4.79 Å². The number of nitrogens with zero attached hydrogens (tertiary/aromatic N) is 5. The summed E-state index contributed by atoms with van der Waals surface area (Å²) >= 11 is 0. The van der Waals surface area contributed by atoms with Gasteiger partial charge in [-0.15, -0.1) is 0 Å². The molecule has 2 fully saturated rings. The molecule has 5 rings (SSSR count). The summed E-state index contributed by atoms with van der Waals surface area (Å²) in [7, 11) is 1.94. The van der Waals surface area contributed by atoms with E-state index in [0.29, 0.717) is 11.3 Å². The Morgan fingerprint density at radius 1 is 1.32 bits per heavy atom. The summed E-state index contributed by atoms with van der Waals surface area (Å²) in [4.78, 5) is 24.2. The molecule has 1 saturated heterocycles. The van der Waals surface area contributed by atoms with Crippen LogP contribution >= 0.6 is 0 Å². The predicted octanol–water partition coefficient (Wildman–Crippen LogP) is 2.15. The highest BCUT2D eigenvalue weighted by Crippen LogP contribution is 2.38. The first-order chi connectivity index (χ1) is 14.8. The zero-order valence-electron chi connectivity index (χ0n) is 18.1. The van der Waals surface area contributed by atoms with E-state index in [4.69, 9.17) is 5.41 Å². The van der Waals surface area contributed by atoms with E-state index in [0.717, 1.165) is 42.4 Å². The molecule has 3 aromatic heterocycles. The summed E-state index contributed by atoms with van der Waals surface area (Å²) in [5, 5.41) is 12.1. The highest BCUT2D eigenvalue weighted by Gasteiger charge is 2.45. The van der Waals surface area contributed by atoms with E-state index >= 15 is 0 Å². The minimum absolute atomic E-state index is 0.179. The number of aromatic nitrogens is 4. The van der Waals surface area contributed by atoms with E-state index < -0.39 is 0 Å². The number of pyridine rings is 1. The van der Waals surface area contributed by atoms with Crippen molar-refractivity contribution in [1.82, 2.24) is 24.3 Å². The Morgan fingerprint density at radius 3 is 2.84 bits per heavy atom. The van der Waals surface area contributed by atoms with Crippen molar-refractivity contribution in [2.75, 3.05) is 24.5 Å². The van der Waals surface area contributed by atoms with Crippen LogP contribution in [0.5, 0.6) is 0 Å². The van der Waals surface area contributed by atoms with Gasteiger partial charge in [-0.3, -0.25) is 14.6 Å². The third-order valence-electron chi connectivity index (χ3n) is 6.45. The number of nitrogens with one attached hydrogen (secondary N) is 2. The molecule has 31 heavy (non-hydrogen) atoms. The number of rotatable bonds is 4. The first kappa shape index (κ1) is 19.7. The molecule has 0 unspecified atom stereocenters. The molecule has 3 aromatic rings. The normalized spacial score (nSPS) is 18.0. The van der Waals surface area contributed by atoms with Crippen LogP contribution < -0.4 is 15.8 Å². The summed E-state index contributed by atoms with van der Waals surface area (Å²) < 4.78 is 3.55. The number of hydrogen-bond acceptors (Lipinski definition) is 6. The monoisotopic (exact) mass is 417 g/mol. The maximum atomic E-state index is 12.9. The zero-order valence-corrected chi connectivity index (χ0v) is 18.1. The molecule has 1 aliphatic carbocycles. The highest BCUT2D eigenvalue weighted by molar-refractivity contribution is 6.08. The Bertz CT molecular complexity index is 1280. The lowest BCUT2D eigenvalue weighted by atomic mass is 10.1. The van der Waals surface area contributed by atoms with Gasteiger partial charge in [0.05, 0.1) is 17.1 Å². The van der Waals surface area contributed by atoms with Crippen LogP contribution in [0.3, 0.4) is 0 Å². The van der Waals surface area contributed by atoms with Gasteiger partial charge in [-0.1, -0.05) is 0 Å². The van der Waals surface area contributed by atoms with Gasteiger partial charge in [0.2, 0.25) is 0 Å². The number of hydrogen-bond donors (Lipinski definition) is 2. The van der Waals surface area contributed by atoms with Crippen molar-refractivity contribution < 1.29 is 0 Å². The smallest absolute Gasteiger partial charge is 0.258 e. The summed E-state index contributed by atoms with van der Waals surface area (Å²) in [5.74, 6) is 0.800. The number of imidazole rings is 1. The van der Waals surface area contributed by atoms with Crippen LogP contribution in [-0.4, -0.2) is 49.8 Å². The van der Waals surface area contributed by atoms with Crippen molar-refractivity contribution in [3.63, 3.8) is 0 Å². The van der Waals surface area contributed by atoms with Crippen molar-refractivity contribution in [3.8, 4) is 0 Å². The minimum Gasteiger partial charge on any atom is -0.367 e. The third kappa shape index (κ3) is 3.57. The van der Waals surface area contributed by atoms with E-state index in [1.54, 1.807) is 16.7 Å². The second kappa shape index (κ2) is 7.16. The second-order valence-corrected chi connectivity index (χ2v) is 8.75. The van der Waals surface area contributed by atoms with Crippen LogP contribution in [0.1, 0.15) is 37.0 Å². The summed E-state index contributed by atoms with van der Waals surface area (Å²) in [6.07, 6.45) is 7.82. The number of allylic oxidation sites excluding steroid dienone is 2. The molecule has 160 valence electrons. The van der Waals surface area contributed by atoms with Crippen molar-refractivity contribution in [3.05, 3.63) is 64.2 Å². The minimum atomic E-state index is -0.179. The van der Waals surface area contributed by atoms with E-state index in [1.807, 2.05) is 43.8 Å². The van der Waals surface area contributed by atoms with Gasteiger partial charge in [0, 0.05) is 56.4 Å². The van der Waals surface area contributed by atoms with Crippen LogP contribution in [0.15, 0.2) is 41.5 Å². The average Bonchev–Trinajstić information content (AvgIpc) is 3.41. The van der Waals surface area contributed by atoms with Gasteiger partial charge in [-0.05, 0) is 50.5 Å². The number of piperazine rings is 1. The number of anilines is 1. The van der Waals surface area contributed by atoms with Gasteiger partial charge in [0.25, 0.3) is 5.56 Å². The average molecular weight is 418 g/mol. The standard InChI is InChI=1S/C23H27N7O/c1-15(22-25-12-16(2)28(22)3)10-18(24)19-11-21(31)30-13-17(4-5-20(30)27-19)29-9-8-26-23(14-29)6-7-23/h4-5,10-13,24,26H,6-9,14H2,1-3H3/b15-10-,24-18?. The number of aryl methyl sites for hydroxylation is 1. The van der Waals surface area contributed by atoms with E-state index in [-0.39, 0.29) is 16.8 Å². The Morgan fingerprint density at radius 2 is 2.13 bits per heavy atom. The Balaban J connectivity index is 1.44. The topological polar surface area (TPSA) is 91.3 Å². The van der Waals surface area contributed by atoms with Crippen molar-refractivity contribution in [2.24, 2.45) is 7.05 Å². The largest absolute Gasteiger partial charge is 0.367 e. The van der Waals surface area contributed by atoms with Crippen LogP contribution in [0.4, 0.5) is 5.69 Å². The van der Waals surface area contributed by atoms with Gasteiger partial charge in [-0.25, -0.2) is 9.97 Å². The molecule has 2 aliphatic rings. The Labute approximate surface area is 180 Å². The molecule has 4 heterocycles. The molecule has 8 nitrogen and oxygen atoms in total. The maximum absolute atomic E-state index is 12.9. The second-order valence-electron chi connectivity index (χ2n) is 8.75. The summed E-state index contributed by atoms with van der Waals surface area (Å²) in [6, 6.07) is 5.33. The lowest BCUT2D eigenvalue weighted by Crippen LogP contribution is -2.52. The fraction of sp³-hybridized carbons (Fsp3) is 0.391. The lowest BCUT2D eigenvalue weighted by Gasteiger charge is -2.35. The van der Waals surface area contributed by atoms with Crippen LogP contribution in [0.25, 0.3) is 11.2 Å². The highest BCUT2D eigenvalue weighted by atomic mass is 16.1. The molecular weight excluding hydrogens is 390 g/mol. The van der Waals surface area contributed by atoms with E-state index in [1.165, 1.54) is 18.9 Å². The summed E-state index contributed by atoms with van der Waals surface area (Å²) in [5.41, 5.74) is 4.13. The van der Waals surface area contributed by atoms with Gasteiger partial charge >= 0.3 is 0 Å². The molecule has 0 aromatic carbocycles. The van der Waals surface area contributed by atoms with Gasteiger partial charge in [0.1, 0.15) is 11.5 Å². The summed E-state index contributed by atoms with van der Waals surface area (Å²) in [6.45, 7) is 6.76. The van der Waals surface area contributed by atoms with Crippen molar-refractivity contribution in [1.29, 1.82) is 5.41 Å². The molecule has 1 aliphatic heterocycles. The Kier molecular flexibility index (Phi) is 4.55. The fourth-order valence-corrected chi connectivity index (χ4v) is 4.30. The zero-order chi connectivity index (χ0) is 21.8. The molecule has 2 N–H and O–H groups in total. The SMILES string of the molecule is C/C(=C/C(=N)c1cc(=O)n2cc(N3CCNC4(CC4)C3)ccc2n1)c1ncc(C)n1C. The first-order valence-corrected chi connectivity index (χ1v) is 10.6. The third-order valence-corrected chi connectivity index (χ3v) is 6.45. The predicted molar refractivity (Wildman–Crippen MR) is 122 cm³/mol. The lowest BCUT2D eigenvalue weighted by molar-refractivity contribution is 0.442. The van der Waals surface area contributed by atoms with Gasteiger partial charge < -0.3 is 14.8 Å². The molecule has 0 amide bonds. The molecular formula is C23H27N7O. The van der Waals surface area contributed by atoms with Crippen molar-refractivity contribution in [2.45, 2.75) is 32.2 Å². The molecule has 1 saturated carbocycles. The number of fused-ring (bicyclic) bond motifs is 1. The van der Waals surface area contributed by atoms with E-state index in [2.05, 4.69) is 20.2 Å². The maximum Gasteiger partial charge on any atom is 0.258 e. The van der Waals surface area contributed by atoms with Crippen LogP contribution in [-0.2, 0) is 7.05 Å². The molecule has 0 bridgehead atoms. The molecule has 1 spiro atoms. The van der Waals surface area contributed by atoms with Crippen LogP contribution in [0.2, 0.25) is 0 Å². The van der Waals surface area contributed by atoms with Crippen LogP contribution in [0, 0.1) is 12.3 Å². The quantitative estimate of drug-likeness (QED) is 0.635. The Hall–Kier alpha value is -3.26. The molecule has 8 heteroatoms. The van der Waals surface area contributed by atoms with Gasteiger partial charge in [0.15, 0.2) is 0 Å². The fourth-order valence-electron chi connectivity index (χ4n) is 4.30. The molecule has 0 atom stereocenters. The first-order valence-electron chi connectivity index (χ1n) is 10.6. The van der Waals surface area contributed by atoms with Crippen molar-refractivity contribution >= 4 is 22.6 Å². The molecule has 0 radical (unpaired) electrons. The van der Waals surface area contributed by atoms with Gasteiger partial charge in [-0.2, -0.15) is 0 Å².